The Morgan fingerprint density at radius 2 is 1.82 bits per heavy atom. The number of sulfonamides is 1. The van der Waals surface area contributed by atoms with E-state index < -0.39 is 33.3 Å². The van der Waals surface area contributed by atoms with E-state index in [1.807, 2.05) is 17.6 Å². The van der Waals surface area contributed by atoms with Crippen LogP contribution >= 0.6 is 23.2 Å². The molecule has 200 valence electrons. The minimum absolute atomic E-state index is 0.147. The second-order valence-corrected chi connectivity index (χ2v) is 12.5. The van der Waals surface area contributed by atoms with Crippen molar-refractivity contribution in [1.82, 2.24) is 9.55 Å². The van der Waals surface area contributed by atoms with Crippen LogP contribution in [0.15, 0.2) is 76.8 Å². The number of hydrogen-bond donors (Lipinski definition) is 0. The molecule has 0 fully saturated rings. The number of hydrogen-bond acceptors (Lipinski definition) is 6. The second kappa shape index (κ2) is 11.9. The molecule has 2 heterocycles. The van der Waals surface area contributed by atoms with Crippen LogP contribution in [-0.4, -0.2) is 47.6 Å². The molecule has 1 unspecified atom stereocenters. The third-order valence-electron chi connectivity index (χ3n) is 5.72. The fourth-order valence-corrected chi connectivity index (χ4v) is 6.37. The van der Waals surface area contributed by atoms with Crippen LogP contribution in [0.4, 0.5) is 5.69 Å². The van der Waals surface area contributed by atoms with Gasteiger partial charge in [-0.15, -0.1) is 0 Å². The molecule has 2 aromatic heterocycles. The topological polar surface area (TPSA) is 98.6 Å². The van der Waals surface area contributed by atoms with Gasteiger partial charge in [-0.05, 0) is 61.0 Å². The maximum Gasteiger partial charge on any atom is 0.326 e. The number of halogens is 2. The van der Waals surface area contributed by atoms with Crippen molar-refractivity contribution in [2.24, 2.45) is 0 Å². The molecule has 12 heteroatoms. The molecule has 0 bridgehead atoms. The van der Waals surface area contributed by atoms with Crippen molar-refractivity contribution >= 4 is 66.6 Å². The number of rotatable bonds is 10. The van der Waals surface area contributed by atoms with Crippen LogP contribution in [0.3, 0.4) is 0 Å². The van der Waals surface area contributed by atoms with Crippen LogP contribution in [0.1, 0.15) is 19.8 Å². The summed E-state index contributed by atoms with van der Waals surface area (Å²) in [5, 5.41) is 1.02. The molecular formula is C26H25Cl2N3O5S2. The van der Waals surface area contributed by atoms with E-state index in [1.54, 1.807) is 49.0 Å². The van der Waals surface area contributed by atoms with E-state index in [0.29, 0.717) is 17.1 Å². The highest BCUT2D eigenvalue weighted by molar-refractivity contribution is 7.92. The normalized spacial score (nSPS) is 12.4. The van der Waals surface area contributed by atoms with Crippen LogP contribution < -0.4 is 4.31 Å². The van der Waals surface area contributed by atoms with Crippen molar-refractivity contribution in [3.8, 4) is 5.82 Å². The summed E-state index contributed by atoms with van der Waals surface area (Å²) in [5.74, 6) is -0.0649. The zero-order valence-corrected chi connectivity index (χ0v) is 23.8. The number of aromatic nitrogens is 2. The van der Waals surface area contributed by atoms with Gasteiger partial charge in [0.1, 0.15) is 12.4 Å². The fourth-order valence-electron chi connectivity index (χ4n) is 3.78. The minimum Gasteiger partial charge on any atom is -0.464 e. The van der Waals surface area contributed by atoms with E-state index in [1.165, 1.54) is 18.2 Å². The molecule has 0 radical (unpaired) electrons. The van der Waals surface area contributed by atoms with Crippen molar-refractivity contribution in [2.75, 3.05) is 23.7 Å². The largest absolute Gasteiger partial charge is 0.464 e. The molecule has 0 N–H and O–H groups in total. The van der Waals surface area contributed by atoms with Gasteiger partial charge in [-0.3, -0.25) is 13.3 Å². The van der Waals surface area contributed by atoms with Gasteiger partial charge in [0.15, 0.2) is 0 Å². The average Bonchev–Trinajstić information content (AvgIpc) is 3.30. The number of carbonyl (C=O) groups excluding carboxylic acids is 1. The van der Waals surface area contributed by atoms with Crippen LogP contribution in [0.5, 0.6) is 0 Å². The maximum absolute atomic E-state index is 13.7. The summed E-state index contributed by atoms with van der Waals surface area (Å²) in [6, 6.07) is 14.3. The average molecular weight is 595 g/mol. The molecule has 0 saturated heterocycles. The molecule has 38 heavy (non-hydrogen) atoms. The van der Waals surface area contributed by atoms with Gasteiger partial charge in [0.05, 0.1) is 38.4 Å². The first-order valence-corrected chi connectivity index (χ1v) is 15.4. The van der Waals surface area contributed by atoms with E-state index in [9.17, 15) is 17.4 Å². The third-order valence-corrected chi connectivity index (χ3v) is 8.81. The molecule has 0 saturated carbocycles. The molecule has 8 nitrogen and oxygen atoms in total. The van der Waals surface area contributed by atoms with E-state index in [0.717, 1.165) is 21.6 Å². The smallest absolute Gasteiger partial charge is 0.326 e. The monoisotopic (exact) mass is 593 g/mol. The Kier molecular flexibility index (Phi) is 8.77. The number of esters is 1. The molecule has 2 aromatic carbocycles. The Balaban J connectivity index is 1.74. The summed E-state index contributed by atoms with van der Waals surface area (Å²) in [6.45, 7) is 1.63. The van der Waals surface area contributed by atoms with Gasteiger partial charge in [-0.2, -0.15) is 0 Å². The van der Waals surface area contributed by atoms with Crippen molar-refractivity contribution in [1.29, 1.82) is 0 Å². The summed E-state index contributed by atoms with van der Waals surface area (Å²) in [6.07, 6.45) is 6.44. The fraction of sp³-hybridized carbons (Fsp3) is 0.231. The molecule has 0 aliphatic carbocycles. The zero-order valence-electron chi connectivity index (χ0n) is 20.6. The van der Waals surface area contributed by atoms with Gasteiger partial charge in [-0.25, -0.2) is 13.4 Å². The Labute approximate surface area is 233 Å². The Morgan fingerprint density at radius 1 is 1.08 bits per heavy atom. The molecule has 4 aromatic rings. The molecule has 4 rings (SSSR count). The molecule has 0 aliphatic heterocycles. The maximum atomic E-state index is 13.7. The number of benzene rings is 2. The summed E-state index contributed by atoms with van der Waals surface area (Å²) in [5.41, 5.74) is 1.03. The SMILES string of the molecule is CCCCOC(=O)CN(c1ccc2c(ccn2-c2ccc(S(C)=O)cn2)c1)S(=O)(=O)c1cc(Cl)cc(Cl)c1. The lowest BCUT2D eigenvalue weighted by atomic mass is 10.2. The standard InChI is InChI=1S/C26H25Cl2N3O5S2/c1-3-4-11-36-26(32)17-31(38(34,35)23-14-19(27)13-20(28)15-23)21-5-7-24-18(12-21)9-10-30(24)25-8-6-22(16-29-25)37(2)33/h5-10,12-16H,3-4,11,17H2,1-2H3. The predicted octanol–water partition coefficient (Wildman–Crippen LogP) is 5.61. The highest BCUT2D eigenvalue weighted by Crippen LogP contribution is 2.31. The number of fused-ring (bicyclic) bond motifs is 1. The lowest BCUT2D eigenvalue weighted by Gasteiger charge is -2.24. The molecular weight excluding hydrogens is 569 g/mol. The van der Waals surface area contributed by atoms with Gasteiger partial charge in [-0.1, -0.05) is 36.5 Å². The number of unbranched alkanes of at least 4 members (excludes halogenated alkanes) is 1. The minimum atomic E-state index is -4.24. The second-order valence-electron chi connectivity index (χ2n) is 8.43. The van der Waals surface area contributed by atoms with Crippen molar-refractivity contribution in [3.05, 3.63) is 77.0 Å². The lowest BCUT2D eigenvalue weighted by molar-refractivity contribution is -0.141. The van der Waals surface area contributed by atoms with Crippen molar-refractivity contribution < 1.29 is 22.2 Å². The van der Waals surface area contributed by atoms with Crippen LogP contribution in [0, 0.1) is 0 Å². The zero-order chi connectivity index (χ0) is 27.4. The van der Waals surface area contributed by atoms with Crippen LogP contribution in [0.2, 0.25) is 10.0 Å². The summed E-state index contributed by atoms with van der Waals surface area (Å²) in [7, 11) is -5.38. The Bertz CT molecular complexity index is 1580. The number of pyridine rings is 1. The van der Waals surface area contributed by atoms with E-state index in [4.69, 9.17) is 27.9 Å². The van der Waals surface area contributed by atoms with Gasteiger partial charge in [0.25, 0.3) is 10.0 Å². The van der Waals surface area contributed by atoms with Gasteiger partial charge in [0.2, 0.25) is 0 Å². The Hall–Kier alpha value is -2.92. The van der Waals surface area contributed by atoms with Crippen molar-refractivity contribution in [3.63, 3.8) is 0 Å². The number of nitrogens with zero attached hydrogens (tertiary/aromatic N) is 3. The quantitative estimate of drug-likeness (QED) is 0.175. The van der Waals surface area contributed by atoms with Crippen LogP contribution in [-0.2, 0) is 30.4 Å². The molecule has 0 aliphatic rings. The van der Waals surface area contributed by atoms with Crippen molar-refractivity contribution in [2.45, 2.75) is 29.6 Å². The summed E-state index contributed by atoms with van der Waals surface area (Å²) in [4.78, 5) is 17.5. The van der Waals surface area contributed by atoms with Gasteiger partial charge >= 0.3 is 5.97 Å². The predicted molar refractivity (Wildman–Crippen MR) is 150 cm³/mol. The van der Waals surface area contributed by atoms with E-state index >= 15 is 0 Å². The first-order valence-electron chi connectivity index (χ1n) is 11.7. The molecule has 0 amide bonds. The first-order chi connectivity index (χ1) is 18.1. The van der Waals surface area contributed by atoms with Crippen LogP contribution in [0.25, 0.3) is 16.7 Å². The highest BCUT2D eigenvalue weighted by atomic mass is 35.5. The lowest BCUT2D eigenvalue weighted by Crippen LogP contribution is -2.36. The van der Waals surface area contributed by atoms with E-state index in [2.05, 4.69) is 4.98 Å². The van der Waals surface area contributed by atoms with Gasteiger partial charge in [0, 0.05) is 34.1 Å². The summed E-state index contributed by atoms with van der Waals surface area (Å²) < 4.78 is 47.2. The molecule has 1 atom stereocenters. The first kappa shape index (κ1) is 28.1. The van der Waals surface area contributed by atoms with E-state index in [-0.39, 0.29) is 27.2 Å². The summed E-state index contributed by atoms with van der Waals surface area (Å²) >= 11 is 12.2. The number of anilines is 1. The van der Waals surface area contributed by atoms with Gasteiger partial charge < -0.3 is 9.30 Å². The third kappa shape index (κ3) is 6.20. The highest BCUT2D eigenvalue weighted by Gasteiger charge is 2.29. The Morgan fingerprint density at radius 3 is 2.45 bits per heavy atom. The molecule has 0 spiro atoms. The number of carbonyl (C=O) groups is 1. The number of ether oxygens (including phenoxy) is 1.